The van der Waals surface area contributed by atoms with Gasteiger partial charge in [0, 0.05) is 23.5 Å². The van der Waals surface area contributed by atoms with Gasteiger partial charge in [-0.3, -0.25) is 4.98 Å². The van der Waals surface area contributed by atoms with Crippen molar-refractivity contribution in [3.63, 3.8) is 0 Å². The van der Waals surface area contributed by atoms with Crippen molar-refractivity contribution in [3.05, 3.63) is 58.4 Å². The van der Waals surface area contributed by atoms with Crippen LogP contribution in [0.15, 0.2) is 36.7 Å². The van der Waals surface area contributed by atoms with Crippen LogP contribution >= 0.6 is 11.6 Å². The number of hydrogen-bond donors (Lipinski definition) is 1. The van der Waals surface area contributed by atoms with Crippen LogP contribution in [0.5, 0.6) is 5.75 Å². The largest absolute Gasteiger partial charge is 0.496 e. The number of nitrogens with one attached hydrogen (secondary N) is 1. The summed E-state index contributed by atoms with van der Waals surface area (Å²) in [6.07, 6.45) is 4.55. The fourth-order valence-electron chi connectivity index (χ4n) is 2.28. The predicted molar refractivity (Wildman–Crippen MR) is 82.5 cm³/mol. The fraction of sp³-hybridized carbons (Fsp3) is 0.312. The van der Waals surface area contributed by atoms with E-state index in [0.717, 1.165) is 33.9 Å². The third-order valence-corrected chi connectivity index (χ3v) is 3.55. The van der Waals surface area contributed by atoms with E-state index in [2.05, 4.69) is 16.4 Å². The van der Waals surface area contributed by atoms with Gasteiger partial charge in [-0.15, -0.1) is 0 Å². The number of hydrogen-bond acceptors (Lipinski definition) is 3. The summed E-state index contributed by atoms with van der Waals surface area (Å²) in [5.74, 6) is 0.857. The van der Waals surface area contributed by atoms with E-state index in [0.29, 0.717) is 0 Å². The Labute approximate surface area is 124 Å². The fourth-order valence-corrected chi connectivity index (χ4v) is 2.48. The van der Waals surface area contributed by atoms with Crippen LogP contribution < -0.4 is 10.1 Å². The summed E-state index contributed by atoms with van der Waals surface area (Å²) in [4.78, 5) is 4.26. The quantitative estimate of drug-likeness (QED) is 0.914. The van der Waals surface area contributed by atoms with Crippen molar-refractivity contribution in [3.8, 4) is 5.75 Å². The Bertz CT molecular complexity index is 586. The lowest BCUT2D eigenvalue weighted by Crippen LogP contribution is -2.19. The Balaban J connectivity index is 2.28. The maximum atomic E-state index is 6.08. The number of nitrogens with zero attached hydrogens (tertiary/aromatic N) is 1. The second kappa shape index (κ2) is 6.73. The summed E-state index contributed by atoms with van der Waals surface area (Å²) in [6.45, 7) is 2.04. The SMILES string of the molecule is CNC(Cc1cc(Cl)ccc1OC)c1cncc(C)c1. The topological polar surface area (TPSA) is 34.1 Å². The number of aryl methyl sites for hydroxylation is 1. The number of ether oxygens (including phenoxy) is 1. The lowest BCUT2D eigenvalue weighted by atomic mass is 9.99. The van der Waals surface area contributed by atoms with E-state index in [1.807, 2.05) is 44.6 Å². The Kier molecular flexibility index (Phi) is 4.99. The predicted octanol–water partition coefficient (Wildman–Crippen LogP) is 3.56. The van der Waals surface area contributed by atoms with Crippen LogP contribution in [0.1, 0.15) is 22.7 Å². The summed E-state index contributed by atoms with van der Waals surface area (Å²) in [5, 5.41) is 4.05. The van der Waals surface area contributed by atoms with E-state index < -0.39 is 0 Å². The second-order valence-corrected chi connectivity index (χ2v) is 5.23. The molecule has 0 saturated carbocycles. The number of methoxy groups -OCH3 is 1. The number of likely N-dealkylation sites (N-methyl/N-ethyl adjacent to an activating group) is 1. The first-order valence-electron chi connectivity index (χ1n) is 6.55. The van der Waals surface area contributed by atoms with Crippen LogP contribution in [-0.4, -0.2) is 19.1 Å². The summed E-state index contributed by atoms with van der Waals surface area (Å²) >= 11 is 6.08. The second-order valence-electron chi connectivity index (χ2n) is 4.80. The molecule has 2 aromatic rings. The monoisotopic (exact) mass is 290 g/mol. The highest BCUT2D eigenvalue weighted by molar-refractivity contribution is 6.30. The van der Waals surface area contributed by atoms with E-state index in [4.69, 9.17) is 16.3 Å². The molecule has 0 aliphatic heterocycles. The molecule has 0 aliphatic carbocycles. The van der Waals surface area contributed by atoms with Gasteiger partial charge >= 0.3 is 0 Å². The molecule has 2 rings (SSSR count). The van der Waals surface area contributed by atoms with Gasteiger partial charge in [-0.25, -0.2) is 0 Å². The smallest absolute Gasteiger partial charge is 0.122 e. The Morgan fingerprint density at radius 2 is 2.10 bits per heavy atom. The van der Waals surface area contributed by atoms with Crippen LogP contribution in [0.2, 0.25) is 5.02 Å². The highest BCUT2D eigenvalue weighted by Gasteiger charge is 2.14. The lowest BCUT2D eigenvalue weighted by Gasteiger charge is -2.18. The summed E-state index contributed by atoms with van der Waals surface area (Å²) in [5.41, 5.74) is 3.40. The van der Waals surface area contributed by atoms with Crippen molar-refractivity contribution < 1.29 is 4.74 Å². The normalized spacial score (nSPS) is 12.2. The van der Waals surface area contributed by atoms with Gasteiger partial charge in [-0.1, -0.05) is 17.7 Å². The van der Waals surface area contributed by atoms with Gasteiger partial charge in [0.05, 0.1) is 7.11 Å². The molecule has 0 bridgehead atoms. The van der Waals surface area contributed by atoms with Crippen molar-refractivity contribution in [2.24, 2.45) is 0 Å². The minimum atomic E-state index is 0.176. The zero-order chi connectivity index (χ0) is 14.5. The third kappa shape index (κ3) is 3.50. The molecule has 0 aliphatic rings. The summed E-state index contributed by atoms with van der Waals surface area (Å²) in [6, 6.07) is 8.01. The number of rotatable bonds is 5. The molecule has 0 fully saturated rings. The molecule has 1 aromatic carbocycles. The van der Waals surface area contributed by atoms with Crippen LogP contribution in [0.4, 0.5) is 0 Å². The highest BCUT2D eigenvalue weighted by Crippen LogP contribution is 2.27. The average molecular weight is 291 g/mol. The van der Waals surface area contributed by atoms with E-state index >= 15 is 0 Å². The number of aromatic nitrogens is 1. The molecule has 1 atom stereocenters. The Morgan fingerprint density at radius 3 is 2.75 bits per heavy atom. The molecule has 0 amide bonds. The maximum Gasteiger partial charge on any atom is 0.122 e. The van der Waals surface area contributed by atoms with E-state index in [1.165, 1.54) is 0 Å². The van der Waals surface area contributed by atoms with Gasteiger partial charge < -0.3 is 10.1 Å². The molecular formula is C16H19ClN2O. The summed E-state index contributed by atoms with van der Waals surface area (Å²) < 4.78 is 5.40. The van der Waals surface area contributed by atoms with Crippen LogP contribution in [0, 0.1) is 6.92 Å². The van der Waals surface area contributed by atoms with Gasteiger partial charge in [0.25, 0.3) is 0 Å². The third-order valence-electron chi connectivity index (χ3n) is 3.31. The van der Waals surface area contributed by atoms with Gasteiger partial charge in [0.1, 0.15) is 5.75 Å². The average Bonchev–Trinajstić information content (AvgIpc) is 2.45. The standard InChI is InChI=1S/C16H19ClN2O/c1-11-6-13(10-19-9-11)15(18-2)8-12-7-14(17)4-5-16(12)20-3/h4-7,9-10,15,18H,8H2,1-3H3. The molecule has 1 heterocycles. The lowest BCUT2D eigenvalue weighted by molar-refractivity contribution is 0.406. The zero-order valence-electron chi connectivity index (χ0n) is 12.0. The van der Waals surface area contributed by atoms with Gasteiger partial charge in [-0.2, -0.15) is 0 Å². The summed E-state index contributed by atoms with van der Waals surface area (Å²) in [7, 11) is 3.62. The Morgan fingerprint density at radius 1 is 1.30 bits per heavy atom. The molecule has 0 radical (unpaired) electrons. The van der Waals surface area contributed by atoms with Crippen molar-refractivity contribution in [2.45, 2.75) is 19.4 Å². The van der Waals surface area contributed by atoms with Crippen LogP contribution in [0.3, 0.4) is 0 Å². The van der Waals surface area contributed by atoms with Gasteiger partial charge in [-0.05, 0) is 55.3 Å². The Hall–Kier alpha value is -1.58. The van der Waals surface area contributed by atoms with Crippen molar-refractivity contribution in [2.75, 3.05) is 14.2 Å². The molecule has 0 saturated heterocycles. The molecule has 106 valence electrons. The van der Waals surface area contributed by atoms with Gasteiger partial charge in [0.2, 0.25) is 0 Å². The molecule has 1 N–H and O–H groups in total. The molecular weight excluding hydrogens is 272 g/mol. The maximum absolute atomic E-state index is 6.08. The van der Waals surface area contributed by atoms with Crippen molar-refractivity contribution in [1.82, 2.24) is 10.3 Å². The van der Waals surface area contributed by atoms with Crippen LogP contribution in [-0.2, 0) is 6.42 Å². The van der Waals surface area contributed by atoms with E-state index in [9.17, 15) is 0 Å². The molecule has 1 unspecified atom stereocenters. The zero-order valence-corrected chi connectivity index (χ0v) is 12.7. The molecule has 4 heteroatoms. The molecule has 3 nitrogen and oxygen atoms in total. The van der Waals surface area contributed by atoms with Crippen molar-refractivity contribution in [1.29, 1.82) is 0 Å². The number of pyridine rings is 1. The van der Waals surface area contributed by atoms with E-state index in [1.54, 1.807) is 7.11 Å². The first kappa shape index (κ1) is 14.8. The minimum Gasteiger partial charge on any atom is -0.496 e. The molecule has 1 aromatic heterocycles. The number of halogens is 1. The first-order valence-corrected chi connectivity index (χ1v) is 6.93. The highest BCUT2D eigenvalue weighted by atomic mass is 35.5. The van der Waals surface area contributed by atoms with Crippen LogP contribution in [0.25, 0.3) is 0 Å². The molecule has 0 spiro atoms. The van der Waals surface area contributed by atoms with Gasteiger partial charge in [0.15, 0.2) is 0 Å². The molecule has 20 heavy (non-hydrogen) atoms. The first-order chi connectivity index (χ1) is 9.63. The number of benzene rings is 1. The minimum absolute atomic E-state index is 0.176. The van der Waals surface area contributed by atoms with E-state index in [-0.39, 0.29) is 6.04 Å². The van der Waals surface area contributed by atoms with Crippen molar-refractivity contribution >= 4 is 11.6 Å².